The zero-order valence-electron chi connectivity index (χ0n) is 22.0. The lowest BCUT2D eigenvalue weighted by Gasteiger charge is -2.52. The molecule has 2 heterocycles. The molecule has 0 amide bonds. The van der Waals surface area contributed by atoms with Crippen molar-refractivity contribution in [3.05, 3.63) is 59.3 Å². The molecule has 4 aliphatic carbocycles. The van der Waals surface area contributed by atoms with E-state index >= 15 is 0 Å². The van der Waals surface area contributed by atoms with Gasteiger partial charge in [0.1, 0.15) is 11.6 Å². The van der Waals surface area contributed by atoms with Gasteiger partial charge in [-0.2, -0.15) is 0 Å². The standard InChI is InChI=1S/C31H39N3O2/c1-21-19-31(3)22(18-27(21)35)7-8-23-24-9-10-26(30(24,2)12-11-25(23)31)28(36)20-33-14-16-34(17-15-33)29-6-4-5-13-32-29/h4-6,11,13,18-19,23-24,26H,7-10,12,14-17,20H2,1-3H3/t23-,24-,26+,30-,31-/m0/s1. The third-order valence-electron chi connectivity index (χ3n) is 10.4. The summed E-state index contributed by atoms with van der Waals surface area (Å²) in [6.07, 6.45) is 13.7. The number of fused-ring (bicyclic) bond motifs is 5. The number of pyridine rings is 1. The van der Waals surface area contributed by atoms with Crippen LogP contribution in [0.5, 0.6) is 0 Å². The summed E-state index contributed by atoms with van der Waals surface area (Å²) in [6, 6.07) is 6.06. The summed E-state index contributed by atoms with van der Waals surface area (Å²) in [5, 5.41) is 0. The van der Waals surface area contributed by atoms with Crippen LogP contribution in [0.25, 0.3) is 0 Å². The third kappa shape index (κ3) is 3.73. The lowest BCUT2D eigenvalue weighted by molar-refractivity contribution is -0.128. The van der Waals surface area contributed by atoms with E-state index in [0.717, 1.165) is 69.7 Å². The highest BCUT2D eigenvalue weighted by Gasteiger charge is 2.57. The van der Waals surface area contributed by atoms with Gasteiger partial charge in [0.2, 0.25) is 0 Å². The zero-order valence-corrected chi connectivity index (χ0v) is 22.0. The molecule has 5 heteroatoms. The minimum atomic E-state index is -0.113. The summed E-state index contributed by atoms with van der Waals surface area (Å²) in [5.74, 6) is 2.91. The molecule has 0 radical (unpaired) electrons. The molecule has 5 aliphatic rings. The third-order valence-corrected chi connectivity index (χ3v) is 10.4. The molecule has 36 heavy (non-hydrogen) atoms. The van der Waals surface area contributed by atoms with E-state index in [1.165, 1.54) is 11.1 Å². The average Bonchev–Trinajstić information content (AvgIpc) is 3.23. The fourth-order valence-corrected chi connectivity index (χ4v) is 8.34. The number of anilines is 1. The zero-order chi connectivity index (χ0) is 25.1. The van der Waals surface area contributed by atoms with Gasteiger partial charge in [-0.15, -0.1) is 0 Å². The normalized spacial score (nSPS) is 36.3. The second-order valence-corrected chi connectivity index (χ2v) is 12.2. The molecular formula is C31H39N3O2. The van der Waals surface area contributed by atoms with Crippen LogP contribution in [0.3, 0.4) is 0 Å². The number of hydrogen-bond donors (Lipinski definition) is 0. The second-order valence-electron chi connectivity index (χ2n) is 12.2. The predicted molar refractivity (Wildman–Crippen MR) is 143 cm³/mol. The van der Waals surface area contributed by atoms with Gasteiger partial charge in [-0.3, -0.25) is 14.5 Å². The van der Waals surface area contributed by atoms with Crippen molar-refractivity contribution in [1.82, 2.24) is 9.88 Å². The maximum Gasteiger partial charge on any atom is 0.181 e. The van der Waals surface area contributed by atoms with E-state index in [2.05, 4.69) is 46.8 Å². The van der Waals surface area contributed by atoms with Gasteiger partial charge >= 0.3 is 0 Å². The molecule has 1 aromatic heterocycles. The van der Waals surface area contributed by atoms with E-state index in [1.807, 2.05) is 31.3 Å². The number of hydrogen-bond acceptors (Lipinski definition) is 5. The molecule has 0 bridgehead atoms. The number of nitrogens with zero attached hydrogens (tertiary/aromatic N) is 3. The Morgan fingerprint density at radius 2 is 1.92 bits per heavy atom. The molecule has 3 fully saturated rings. The van der Waals surface area contributed by atoms with Gasteiger partial charge < -0.3 is 4.90 Å². The van der Waals surface area contributed by atoms with E-state index in [1.54, 1.807) is 0 Å². The first-order valence-corrected chi connectivity index (χ1v) is 13.9. The average molecular weight is 486 g/mol. The molecule has 190 valence electrons. The fourth-order valence-electron chi connectivity index (χ4n) is 8.34. The number of piperazine rings is 1. The Bertz CT molecular complexity index is 1160. The SMILES string of the molecule is CC1=C[C@@]2(C)C(=CC1=O)CC[C@@H]1C2=CC[C@]2(C)[C@@H](C(=O)CN3CCN(c4ccccn4)CC3)CC[C@@H]12. The Hall–Kier alpha value is -2.53. The van der Waals surface area contributed by atoms with Crippen LogP contribution in [0, 0.1) is 28.6 Å². The van der Waals surface area contributed by atoms with Crippen LogP contribution in [0.1, 0.15) is 52.9 Å². The van der Waals surface area contributed by atoms with Crippen molar-refractivity contribution in [2.45, 2.75) is 52.9 Å². The monoisotopic (exact) mass is 485 g/mol. The van der Waals surface area contributed by atoms with E-state index in [-0.39, 0.29) is 22.5 Å². The minimum Gasteiger partial charge on any atom is -0.354 e. The first-order chi connectivity index (χ1) is 17.3. The number of allylic oxidation sites excluding steroid dienone is 6. The largest absolute Gasteiger partial charge is 0.354 e. The van der Waals surface area contributed by atoms with Crippen LogP contribution in [0.4, 0.5) is 5.82 Å². The number of ketones is 2. The molecule has 0 spiro atoms. The highest BCUT2D eigenvalue weighted by atomic mass is 16.1. The van der Waals surface area contributed by atoms with Gasteiger partial charge in [-0.1, -0.05) is 36.3 Å². The maximum absolute atomic E-state index is 13.7. The van der Waals surface area contributed by atoms with Gasteiger partial charge in [0.15, 0.2) is 5.78 Å². The lowest BCUT2D eigenvalue weighted by Crippen LogP contribution is -2.50. The molecule has 0 aromatic carbocycles. The van der Waals surface area contributed by atoms with Crippen LogP contribution in [0.15, 0.2) is 59.3 Å². The number of aromatic nitrogens is 1. The van der Waals surface area contributed by atoms with E-state index in [9.17, 15) is 9.59 Å². The molecule has 0 unspecified atom stereocenters. The molecule has 1 aliphatic heterocycles. The van der Waals surface area contributed by atoms with Crippen LogP contribution < -0.4 is 4.90 Å². The van der Waals surface area contributed by atoms with E-state index in [4.69, 9.17) is 0 Å². The van der Waals surface area contributed by atoms with Crippen molar-refractivity contribution in [2.24, 2.45) is 28.6 Å². The van der Waals surface area contributed by atoms with Gasteiger partial charge in [-0.25, -0.2) is 4.98 Å². The number of carbonyl (C=O) groups excluding carboxylic acids is 2. The highest BCUT2D eigenvalue weighted by Crippen LogP contribution is 2.64. The van der Waals surface area contributed by atoms with Crippen molar-refractivity contribution in [3.8, 4) is 0 Å². The molecule has 5 atom stereocenters. The first-order valence-electron chi connectivity index (χ1n) is 13.9. The van der Waals surface area contributed by atoms with Crippen molar-refractivity contribution in [2.75, 3.05) is 37.6 Å². The molecule has 6 rings (SSSR count). The summed E-state index contributed by atoms with van der Waals surface area (Å²) >= 11 is 0. The molecule has 0 N–H and O–H groups in total. The topological polar surface area (TPSA) is 53.5 Å². The summed E-state index contributed by atoms with van der Waals surface area (Å²) in [7, 11) is 0. The number of rotatable bonds is 4. The quantitative estimate of drug-likeness (QED) is 0.562. The Kier molecular flexibility index (Phi) is 5.82. The number of carbonyl (C=O) groups is 2. The summed E-state index contributed by atoms with van der Waals surface area (Å²) in [6.45, 7) is 10.9. The Balaban J connectivity index is 1.15. The van der Waals surface area contributed by atoms with E-state index in [0.29, 0.717) is 24.2 Å². The molecule has 2 saturated carbocycles. The van der Waals surface area contributed by atoms with Crippen LogP contribution in [-0.4, -0.2) is 54.2 Å². The van der Waals surface area contributed by atoms with E-state index < -0.39 is 0 Å². The maximum atomic E-state index is 13.7. The smallest absolute Gasteiger partial charge is 0.181 e. The van der Waals surface area contributed by atoms with Gasteiger partial charge in [0.25, 0.3) is 0 Å². The van der Waals surface area contributed by atoms with Crippen molar-refractivity contribution in [1.29, 1.82) is 0 Å². The van der Waals surface area contributed by atoms with Crippen LogP contribution in [0.2, 0.25) is 0 Å². The lowest BCUT2D eigenvalue weighted by atomic mass is 9.52. The minimum absolute atomic E-state index is 0.0574. The fraction of sp³-hybridized carbons (Fsp3) is 0.581. The van der Waals surface area contributed by atoms with Crippen LogP contribution >= 0.6 is 0 Å². The molecule has 5 nitrogen and oxygen atoms in total. The molecule has 1 saturated heterocycles. The summed E-state index contributed by atoms with van der Waals surface area (Å²) < 4.78 is 0. The van der Waals surface area contributed by atoms with Crippen molar-refractivity contribution in [3.63, 3.8) is 0 Å². The van der Waals surface area contributed by atoms with Crippen molar-refractivity contribution < 1.29 is 9.59 Å². The van der Waals surface area contributed by atoms with Crippen LogP contribution in [-0.2, 0) is 9.59 Å². The predicted octanol–water partition coefficient (Wildman–Crippen LogP) is 5.01. The van der Waals surface area contributed by atoms with Gasteiger partial charge in [-0.05, 0) is 87.0 Å². The molecule has 1 aromatic rings. The molecular weight excluding hydrogens is 446 g/mol. The summed E-state index contributed by atoms with van der Waals surface area (Å²) in [4.78, 5) is 35.2. The summed E-state index contributed by atoms with van der Waals surface area (Å²) in [5.41, 5.74) is 3.63. The Labute approximate surface area is 215 Å². The van der Waals surface area contributed by atoms with Gasteiger partial charge in [0, 0.05) is 43.7 Å². The van der Waals surface area contributed by atoms with Gasteiger partial charge in [0.05, 0.1) is 6.54 Å². The van der Waals surface area contributed by atoms with Crippen molar-refractivity contribution >= 4 is 17.4 Å². The Morgan fingerprint density at radius 1 is 1.11 bits per heavy atom. The highest BCUT2D eigenvalue weighted by molar-refractivity contribution is 6.05. The Morgan fingerprint density at radius 3 is 2.67 bits per heavy atom. The second kappa shape index (κ2) is 8.79. The first kappa shape index (κ1) is 23.8. The number of Topliss-reactive ketones (excluding diaryl/α,β-unsaturated/α-hetero) is 1.